The van der Waals surface area contributed by atoms with Gasteiger partial charge in [0.25, 0.3) is 0 Å². The van der Waals surface area contributed by atoms with Gasteiger partial charge in [0, 0.05) is 0 Å². The van der Waals surface area contributed by atoms with Crippen LogP contribution < -0.4 is 0 Å². The monoisotopic (exact) mass is 277 g/mol. The summed E-state index contributed by atoms with van der Waals surface area (Å²) in [6.07, 6.45) is 2.76. The van der Waals surface area contributed by atoms with Gasteiger partial charge < -0.3 is 4.74 Å². The van der Waals surface area contributed by atoms with Gasteiger partial charge in [-0.25, -0.2) is 4.79 Å². The third kappa shape index (κ3) is 2.89. The van der Waals surface area contributed by atoms with E-state index >= 15 is 0 Å². The number of hydrogen-bond acceptors (Lipinski definition) is 4. The zero-order valence-electron chi connectivity index (χ0n) is 12.0. The van der Waals surface area contributed by atoms with E-state index in [2.05, 4.69) is 11.7 Å². The molecule has 108 valence electrons. The molecule has 6 heteroatoms. The third-order valence-electron chi connectivity index (χ3n) is 2.88. The van der Waals surface area contributed by atoms with Gasteiger partial charge in [-0.2, -0.15) is 5.10 Å². The molecule has 6 nitrogen and oxygen atoms in total. The highest BCUT2D eigenvalue weighted by Gasteiger charge is 2.32. The van der Waals surface area contributed by atoms with Crippen molar-refractivity contribution in [2.75, 3.05) is 6.54 Å². The van der Waals surface area contributed by atoms with Gasteiger partial charge in [0.2, 0.25) is 0 Å². The van der Waals surface area contributed by atoms with Crippen LogP contribution in [-0.2, 0) is 17.8 Å². The first-order valence-electron chi connectivity index (χ1n) is 6.48. The Morgan fingerprint density at radius 2 is 2.20 bits per heavy atom. The fourth-order valence-corrected chi connectivity index (χ4v) is 2.04. The molecule has 1 aliphatic heterocycles. The topological polar surface area (TPSA) is 64.4 Å². The molecule has 2 heterocycles. The second-order valence-corrected chi connectivity index (χ2v) is 5.74. The van der Waals surface area contributed by atoms with Crippen molar-refractivity contribution in [3.05, 3.63) is 30.1 Å². The average Bonchev–Trinajstić information content (AvgIpc) is 2.71. The molecule has 20 heavy (non-hydrogen) atoms. The first-order chi connectivity index (χ1) is 9.31. The maximum absolute atomic E-state index is 12.1. The SMILES string of the molecule is C=CCn1ncc2c1CN(C(=O)OC(C)(C)C)CC2=O. The van der Waals surface area contributed by atoms with Crippen LogP contribution in [0.5, 0.6) is 0 Å². The number of allylic oxidation sites excluding steroid dienone is 1. The third-order valence-corrected chi connectivity index (χ3v) is 2.88. The average molecular weight is 277 g/mol. The van der Waals surface area contributed by atoms with E-state index in [1.807, 2.05) is 0 Å². The molecule has 0 radical (unpaired) electrons. The lowest BCUT2D eigenvalue weighted by Crippen LogP contribution is -2.42. The van der Waals surface area contributed by atoms with Gasteiger partial charge in [0.05, 0.1) is 37.1 Å². The molecule has 1 aromatic rings. The summed E-state index contributed by atoms with van der Waals surface area (Å²) in [5, 5.41) is 4.15. The minimum absolute atomic E-state index is 0.0295. The summed E-state index contributed by atoms with van der Waals surface area (Å²) < 4.78 is 6.98. The van der Waals surface area contributed by atoms with Crippen LogP contribution in [0.25, 0.3) is 0 Å². The van der Waals surface area contributed by atoms with Gasteiger partial charge in [-0.1, -0.05) is 6.08 Å². The predicted octanol–water partition coefficient (Wildman–Crippen LogP) is 2.00. The van der Waals surface area contributed by atoms with E-state index < -0.39 is 11.7 Å². The number of nitrogens with zero attached hydrogens (tertiary/aromatic N) is 3. The maximum Gasteiger partial charge on any atom is 0.411 e. The Hall–Kier alpha value is -2.11. The highest BCUT2D eigenvalue weighted by Crippen LogP contribution is 2.21. The number of aromatic nitrogens is 2. The number of ether oxygens (including phenoxy) is 1. The van der Waals surface area contributed by atoms with Crippen molar-refractivity contribution in [3.8, 4) is 0 Å². The van der Waals surface area contributed by atoms with Crippen molar-refractivity contribution in [2.45, 2.75) is 39.5 Å². The molecular weight excluding hydrogens is 258 g/mol. The van der Waals surface area contributed by atoms with Crippen molar-refractivity contribution in [1.82, 2.24) is 14.7 Å². The molecule has 0 aromatic carbocycles. The zero-order chi connectivity index (χ0) is 14.9. The summed E-state index contributed by atoms with van der Waals surface area (Å²) >= 11 is 0. The zero-order valence-corrected chi connectivity index (χ0v) is 12.0. The summed E-state index contributed by atoms with van der Waals surface area (Å²) in [6, 6.07) is 0. The minimum Gasteiger partial charge on any atom is -0.444 e. The van der Waals surface area contributed by atoms with Crippen molar-refractivity contribution in [3.63, 3.8) is 0 Å². The number of carbonyl (C=O) groups is 2. The van der Waals surface area contributed by atoms with E-state index in [1.54, 1.807) is 37.7 Å². The molecule has 0 saturated carbocycles. The summed E-state index contributed by atoms with van der Waals surface area (Å²) in [4.78, 5) is 25.5. The Balaban J connectivity index is 2.21. The standard InChI is InChI=1S/C14H19N3O3/c1-5-6-17-11-8-16(13(19)20-14(2,3)4)9-12(18)10(11)7-15-17/h5,7H,1,6,8-9H2,2-4H3. The Kier molecular flexibility index (Phi) is 3.65. The van der Waals surface area contributed by atoms with Gasteiger partial charge in [-0.3, -0.25) is 14.4 Å². The molecule has 0 bridgehead atoms. The Morgan fingerprint density at radius 1 is 1.50 bits per heavy atom. The first-order valence-corrected chi connectivity index (χ1v) is 6.48. The molecule has 0 saturated heterocycles. The minimum atomic E-state index is -0.582. The highest BCUT2D eigenvalue weighted by atomic mass is 16.6. The van der Waals surface area contributed by atoms with Crippen molar-refractivity contribution < 1.29 is 14.3 Å². The number of fused-ring (bicyclic) bond motifs is 1. The van der Waals surface area contributed by atoms with Gasteiger partial charge in [0.1, 0.15) is 5.60 Å². The summed E-state index contributed by atoms with van der Waals surface area (Å²) in [7, 11) is 0. The quantitative estimate of drug-likeness (QED) is 0.776. The molecule has 2 rings (SSSR count). The highest BCUT2D eigenvalue weighted by molar-refractivity contribution is 6.00. The van der Waals surface area contributed by atoms with E-state index in [4.69, 9.17) is 4.74 Å². The molecule has 0 atom stereocenters. The maximum atomic E-state index is 12.1. The number of ketones is 1. The van der Waals surface area contributed by atoms with Gasteiger partial charge in [-0.15, -0.1) is 6.58 Å². The Bertz CT molecular complexity index is 555. The fourth-order valence-electron chi connectivity index (χ4n) is 2.04. The van der Waals surface area contributed by atoms with Crippen LogP contribution in [0.3, 0.4) is 0 Å². The second-order valence-electron chi connectivity index (χ2n) is 5.74. The second kappa shape index (κ2) is 5.11. The van der Waals surface area contributed by atoms with E-state index in [-0.39, 0.29) is 12.3 Å². The largest absolute Gasteiger partial charge is 0.444 e. The van der Waals surface area contributed by atoms with E-state index in [0.29, 0.717) is 18.7 Å². The summed E-state index contributed by atoms with van der Waals surface area (Å²) in [6.45, 7) is 9.90. The van der Waals surface area contributed by atoms with Gasteiger partial charge in [0.15, 0.2) is 5.78 Å². The smallest absolute Gasteiger partial charge is 0.411 e. The van der Waals surface area contributed by atoms with E-state index in [0.717, 1.165) is 5.69 Å². The number of hydrogen-bond donors (Lipinski definition) is 0. The molecule has 0 spiro atoms. The van der Waals surface area contributed by atoms with Gasteiger partial charge >= 0.3 is 6.09 Å². The number of amides is 1. The number of carbonyl (C=O) groups excluding carboxylic acids is 2. The van der Waals surface area contributed by atoms with Crippen molar-refractivity contribution in [2.24, 2.45) is 0 Å². The van der Waals surface area contributed by atoms with E-state index in [9.17, 15) is 9.59 Å². The lowest BCUT2D eigenvalue weighted by molar-refractivity contribution is 0.0215. The van der Waals surface area contributed by atoms with Crippen LogP contribution in [0, 0.1) is 0 Å². The normalized spacial score (nSPS) is 14.9. The van der Waals surface area contributed by atoms with Crippen LogP contribution in [-0.4, -0.2) is 38.7 Å². The van der Waals surface area contributed by atoms with Gasteiger partial charge in [-0.05, 0) is 20.8 Å². The molecular formula is C14H19N3O3. The van der Waals surface area contributed by atoms with Crippen LogP contribution in [0.4, 0.5) is 4.79 Å². The first kappa shape index (κ1) is 14.3. The molecule has 0 N–H and O–H groups in total. The molecule has 1 aliphatic rings. The number of Topliss-reactive ketones (excluding diaryl/α,β-unsaturated/α-hetero) is 1. The van der Waals surface area contributed by atoms with Crippen LogP contribution in [0.2, 0.25) is 0 Å². The van der Waals surface area contributed by atoms with Crippen LogP contribution in [0.1, 0.15) is 36.8 Å². The Labute approximate surface area is 118 Å². The van der Waals surface area contributed by atoms with Crippen molar-refractivity contribution in [1.29, 1.82) is 0 Å². The molecule has 1 amide bonds. The molecule has 1 aromatic heterocycles. The van der Waals surface area contributed by atoms with E-state index in [1.165, 1.54) is 4.90 Å². The lowest BCUT2D eigenvalue weighted by Gasteiger charge is -2.29. The molecule has 0 aliphatic carbocycles. The molecule has 0 fully saturated rings. The fraction of sp³-hybridized carbons (Fsp3) is 0.500. The summed E-state index contributed by atoms with van der Waals surface area (Å²) in [5.41, 5.74) is 0.723. The molecule has 0 unspecified atom stereocenters. The lowest BCUT2D eigenvalue weighted by atomic mass is 10.1. The Morgan fingerprint density at radius 3 is 2.80 bits per heavy atom. The summed E-state index contributed by atoms with van der Waals surface area (Å²) in [5.74, 6) is -0.118. The van der Waals surface area contributed by atoms with Crippen molar-refractivity contribution >= 4 is 11.9 Å². The van der Waals surface area contributed by atoms with Crippen LogP contribution >= 0.6 is 0 Å². The number of rotatable bonds is 2. The predicted molar refractivity (Wildman–Crippen MR) is 73.4 cm³/mol. The van der Waals surface area contributed by atoms with Crippen LogP contribution in [0.15, 0.2) is 18.9 Å².